The van der Waals surface area contributed by atoms with Crippen LogP contribution in [0.3, 0.4) is 0 Å². The van der Waals surface area contributed by atoms with Crippen molar-refractivity contribution < 1.29 is 5.11 Å². The number of rotatable bonds is 5. The summed E-state index contributed by atoms with van der Waals surface area (Å²) in [6.07, 6.45) is 4.36. The van der Waals surface area contributed by atoms with Crippen LogP contribution in [0.5, 0.6) is 0 Å². The highest BCUT2D eigenvalue weighted by Crippen LogP contribution is 2.29. The van der Waals surface area contributed by atoms with Crippen molar-refractivity contribution >= 4 is 15.9 Å². The van der Waals surface area contributed by atoms with Gasteiger partial charge in [0.1, 0.15) is 0 Å². The first kappa shape index (κ1) is 12.5. The topological polar surface area (TPSA) is 23.5 Å². The average molecular weight is 264 g/mol. The molecule has 1 aliphatic carbocycles. The van der Waals surface area contributed by atoms with E-state index in [-0.39, 0.29) is 5.60 Å². The molecule has 0 spiro atoms. The van der Waals surface area contributed by atoms with Crippen LogP contribution in [0.4, 0.5) is 0 Å². The Morgan fingerprint density at radius 2 is 2.00 bits per heavy atom. The van der Waals surface area contributed by atoms with Gasteiger partial charge in [0.2, 0.25) is 0 Å². The van der Waals surface area contributed by atoms with E-state index in [2.05, 4.69) is 34.8 Å². The van der Waals surface area contributed by atoms with Gasteiger partial charge in [0.25, 0.3) is 0 Å². The van der Waals surface area contributed by atoms with Gasteiger partial charge in [-0.3, -0.25) is 0 Å². The molecule has 1 saturated carbocycles. The molecule has 0 saturated heterocycles. The van der Waals surface area contributed by atoms with E-state index in [9.17, 15) is 5.11 Å². The lowest BCUT2D eigenvalue weighted by molar-refractivity contribution is 0.0141. The molecule has 1 atom stereocenters. The highest BCUT2D eigenvalue weighted by Gasteiger charge is 2.32. The van der Waals surface area contributed by atoms with Crippen molar-refractivity contribution in [3.8, 4) is 0 Å². The van der Waals surface area contributed by atoms with Crippen molar-refractivity contribution in [3.63, 3.8) is 0 Å². The maximum atomic E-state index is 10.2. The third-order valence-electron chi connectivity index (χ3n) is 2.99. The summed E-state index contributed by atoms with van der Waals surface area (Å²) in [4.78, 5) is 2.26. The first-order valence-electron chi connectivity index (χ1n) is 5.53. The standard InChI is InChI=1S/C11H22BrNO/c1-10(7-12)8-13(2)9-11(14)5-3-4-6-11/h10,14H,3-9H2,1-2H3. The third kappa shape index (κ3) is 3.87. The molecule has 0 heterocycles. The van der Waals surface area contributed by atoms with Gasteiger partial charge in [-0.05, 0) is 25.8 Å². The van der Waals surface area contributed by atoms with Crippen LogP contribution in [0, 0.1) is 5.92 Å². The smallest absolute Gasteiger partial charge is 0.0774 e. The molecule has 1 N–H and O–H groups in total. The Hall–Kier alpha value is 0.400. The predicted molar refractivity (Wildman–Crippen MR) is 63.9 cm³/mol. The fourth-order valence-electron chi connectivity index (χ4n) is 2.34. The molecule has 1 aliphatic rings. The molecule has 14 heavy (non-hydrogen) atoms. The Morgan fingerprint density at radius 3 is 2.50 bits per heavy atom. The van der Waals surface area contributed by atoms with Crippen LogP contribution in [0.25, 0.3) is 0 Å². The van der Waals surface area contributed by atoms with Gasteiger partial charge in [-0.2, -0.15) is 0 Å². The Labute approximate surface area is 95.8 Å². The van der Waals surface area contributed by atoms with Gasteiger partial charge >= 0.3 is 0 Å². The molecule has 0 radical (unpaired) electrons. The lowest BCUT2D eigenvalue weighted by Gasteiger charge is -2.29. The van der Waals surface area contributed by atoms with E-state index in [0.717, 1.165) is 31.3 Å². The quantitative estimate of drug-likeness (QED) is 0.770. The molecule has 0 amide bonds. The van der Waals surface area contributed by atoms with Crippen molar-refractivity contribution in [1.82, 2.24) is 4.90 Å². The van der Waals surface area contributed by atoms with E-state index in [1.54, 1.807) is 0 Å². The predicted octanol–water partition coefficient (Wildman–Crippen LogP) is 2.25. The molecule has 1 unspecified atom stereocenters. The Morgan fingerprint density at radius 1 is 1.43 bits per heavy atom. The van der Waals surface area contributed by atoms with Crippen molar-refractivity contribution in [2.45, 2.75) is 38.2 Å². The highest BCUT2D eigenvalue weighted by atomic mass is 79.9. The van der Waals surface area contributed by atoms with E-state index >= 15 is 0 Å². The van der Waals surface area contributed by atoms with Crippen molar-refractivity contribution in [1.29, 1.82) is 0 Å². The maximum Gasteiger partial charge on any atom is 0.0774 e. The first-order valence-corrected chi connectivity index (χ1v) is 6.65. The Balaban J connectivity index is 2.28. The third-order valence-corrected chi connectivity index (χ3v) is 4.09. The second-order valence-electron chi connectivity index (χ2n) is 4.89. The molecule has 0 bridgehead atoms. The SMILES string of the molecule is CC(CBr)CN(C)CC1(O)CCCC1. The molecular weight excluding hydrogens is 242 g/mol. The van der Waals surface area contributed by atoms with Crippen LogP contribution in [0.1, 0.15) is 32.6 Å². The van der Waals surface area contributed by atoms with Gasteiger partial charge < -0.3 is 10.0 Å². The summed E-state index contributed by atoms with van der Waals surface area (Å²) < 4.78 is 0. The van der Waals surface area contributed by atoms with Gasteiger partial charge in [-0.15, -0.1) is 0 Å². The van der Waals surface area contributed by atoms with Gasteiger partial charge in [0, 0.05) is 18.4 Å². The van der Waals surface area contributed by atoms with Crippen LogP contribution in [-0.2, 0) is 0 Å². The Kier molecular flexibility index (Phi) is 4.88. The van der Waals surface area contributed by atoms with E-state index in [4.69, 9.17) is 0 Å². The van der Waals surface area contributed by atoms with Crippen molar-refractivity contribution in [2.75, 3.05) is 25.5 Å². The first-order chi connectivity index (χ1) is 6.56. The van der Waals surface area contributed by atoms with Crippen LogP contribution >= 0.6 is 15.9 Å². The number of nitrogens with zero attached hydrogens (tertiary/aromatic N) is 1. The summed E-state index contributed by atoms with van der Waals surface area (Å²) in [7, 11) is 2.11. The van der Waals surface area contributed by atoms with E-state index in [0.29, 0.717) is 5.92 Å². The fourth-order valence-corrected chi connectivity index (χ4v) is 2.54. The summed E-state index contributed by atoms with van der Waals surface area (Å²) in [6.45, 7) is 4.13. The van der Waals surface area contributed by atoms with Gasteiger partial charge in [-0.25, -0.2) is 0 Å². The zero-order valence-electron chi connectivity index (χ0n) is 9.30. The van der Waals surface area contributed by atoms with Crippen LogP contribution < -0.4 is 0 Å². The van der Waals surface area contributed by atoms with Gasteiger partial charge in [0.05, 0.1) is 5.60 Å². The van der Waals surface area contributed by atoms with E-state index in [1.165, 1.54) is 12.8 Å². The van der Waals surface area contributed by atoms with Gasteiger partial charge in [-0.1, -0.05) is 35.7 Å². The van der Waals surface area contributed by atoms with Crippen LogP contribution in [0.15, 0.2) is 0 Å². The summed E-state index contributed by atoms with van der Waals surface area (Å²) in [5, 5.41) is 11.2. The van der Waals surface area contributed by atoms with E-state index in [1.807, 2.05) is 0 Å². The number of hydrogen-bond donors (Lipinski definition) is 1. The Bertz CT molecular complexity index is 169. The fraction of sp³-hybridized carbons (Fsp3) is 1.00. The summed E-state index contributed by atoms with van der Waals surface area (Å²) >= 11 is 3.48. The normalized spacial score (nSPS) is 22.9. The molecule has 0 aromatic heterocycles. The lowest BCUT2D eigenvalue weighted by Crippen LogP contribution is -2.40. The largest absolute Gasteiger partial charge is 0.389 e. The van der Waals surface area contributed by atoms with E-state index < -0.39 is 0 Å². The zero-order chi connectivity index (χ0) is 10.6. The van der Waals surface area contributed by atoms with Crippen LogP contribution in [-0.4, -0.2) is 41.1 Å². The second kappa shape index (κ2) is 5.47. The van der Waals surface area contributed by atoms with Gasteiger partial charge in [0.15, 0.2) is 0 Å². The molecule has 84 valence electrons. The minimum Gasteiger partial charge on any atom is -0.389 e. The van der Waals surface area contributed by atoms with Crippen LogP contribution in [0.2, 0.25) is 0 Å². The number of alkyl halides is 1. The molecule has 0 aromatic carbocycles. The number of aliphatic hydroxyl groups is 1. The molecule has 1 rings (SSSR count). The molecular formula is C11H22BrNO. The number of hydrogen-bond acceptors (Lipinski definition) is 2. The molecule has 1 fully saturated rings. The highest BCUT2D eigenvalue weighted by molar-refractivity contribution is 9.09. The molecule has 0 aliphatic heterocycles. The maximum absolute atomic E-state index is 10.2. The summed E-state index contributed by atoms with van der Waals surface area (Å²) in [5.74, 6) is 0.657. The summed E-state index contributed by atoms with van der Waals surface area (Å²) in [6, 6.07) is 0. The zero-order valence-corrected chi connectivity index (χ0v) is 10.9. The number of likely N-dealkylation sites (N-methyl/N-ethyl adjacent to an activating group) is 1. The minimum atomic E-state index is -0.388. The average Bonchev–Trinajstić information content (AvgIpc) is 2.51. The summed E-state index contributed by atoms with van der Waals surface area (Å²) in [5.41, 5.74) is -0.388. The van der Waals surface area contributed by atoms with Crippen molar-refractivity contribution in [3.05, 3.63) is 0 Å². The molecule has 3 heteroatoms. The molecule has 2 nitrogen and oxygen atoms in total. The lowest BCUT2D eigenvalue weighted by atomic mass is 10.0. The van der Waals surface area contributed by atoms with Crippen molar-refractivity contribution in [2.24, 2.45) is 5.92 Å². The minimum absolute atomic E-state index is 0.388. The monoisotopic (exact) mass is 263 g/mol. The number of halogens is 1. The second-order valence-corrected chi connectivity index (χ2v) is 5.54. The molecule has 0 aromatic rings.